The number of anilines is 1. The molecule has 0 bridgehead atoms. The highest BCUT2D eigenvalue weighted by molar-refractivity contribution is 6.33. The highest BCUT2D eigenvalue weighted by Crippen LogP contribution is 2.28. The summed E-state index contributed by atoms with van der Waals surface area (Å²) in [5.41, 5.74) is 2.63. The minimum atomic E-state index is -1.17. The second kappa shape index (κ2) is 4.94. The molecule has 0 saturated heterocycles. The van der Waals surface area contributed by atoms with Crippen molar-refractivity contribution < 1.29 is 14.8 Å². The SMILES string of the molecule is O=C(O)C1=CN=CN(c2ccc([N+](=O)[O-])c(Cl)c2)N1. The van der Waals surface area contributed by atoms with E-state index >= 15 is 0 Å². The van der Waals surface area contributed by atoms with Crippen LogP contribution in [0.1, 0.15) is 0 Å². The van der Waals surface area contributed by atoms with Gasteiger partial charge in [-0.3, -0.25) is 15.5 Å². The number of nitro groups is 1. The number of hydrogen-bond donors (Lipinski definition) is 2. The smallest absolute Gasteiger partial charge is 0.355 e. The average Bonchev–Trinajstić information content (AvgIpc) is 2.38. The number of nitro benzene ring substituents is 1. The minimum absolute atomic E-state index is 0.0517. The van der Waals surface area contributed by atoms with Crippen LogP contribution in [0.25, 0.3) is 0 Å². The van der Waals surface area contributed by atoms with Crippen LogP contribution in [0.5, 0.6) is 0 Å². The van der Waals surface area contributed by atoms with Crippen LogP contribution in [0.3, 0.4) is 0 Å². The predicted octanol–water partition coefficient (Wildman–Crippen LogP) is 1.53. The van der Waals surface area contributed by atoms with Gasteiger partial charge in [-0.25, -0.2) is 14.8 Å². The van der Waals surface area contributed by atoms with Gasteiger partial charge in [0.15, 0.2) is 5.70 Å². The monoisotopic (exact) mass is 282 g/mol. The Kier molecular flexibility index (Phi) is 3.34. The van der Waals surface area contributed by atoms with E-state index in [4.69, 9.17) is 16.7 Å². The molecular weight excluding hydrogens is 276 g/mol. The fourth-order valence-electron chi connectivity index (χ4n) is 1.39. The Balaban J connectivity index is 2.27. The summed E-state index contributed by atoms with van der Waals surface area (Å²) >= 11 is 5.77. The normalized spacial score (nSPS) is 13.7. The molecule has 0 atom stereocenters. The van der Waals surface area contributed by atoms with Crippen molar-refractivity contribution in [3.05, 3.63) is 45.2 Å². The van der Waals surface area contributed by atoms with Crippen molar-refractivity contribution in [2.45, 2.75) is 0 Å². The molecular formula is C10H7ClN4O4. The Morgan fingerprint density at radius 2 is 2.26 bits per heavy atom. The molecule has 1 heterocycles. The Labute approximate surface area is 111 Å². The highest BCUT2D eigenvalue weighted by Gasteiger charge is 2.18. The van der Waals surface area contributed by atoms with E-state index in [-0.39, 0.29) is 16.4 Å². The van der Waals surface area contributed by atoms with E-state index in [0.717, 1.165) is 6.20 Å². The second-order valence-electron chi connectivity index (χ2n) is 3.49. The number of carboxylic acid groups (broad SMARTS) is 1. The van der Waals surface area contributed by atoms with E-state index in [1.807, 2.05) is 0 Å². The van der Waals surface area contributed by atoms with Crippen LogP contribution >= 0.6 is 11.6 Å². The first-order valence-electron chi connectivity index (χ1n) is 4.95. The molecule has 9 heteroatoms. The zero-order valence-electron chi connectivity index (χ0n) is 9.28. The van der Waals surface area contributed by atoms with E-state index < -0.39 is 10.9 Å². The highest BCUT2D eigenvalue weighted by atomic mass is 35.5. The van der Waals surface area contributed by atoms with Crippen LogP contribution in [-0.2, 0) is 4.79 Å². The van der Waals surface area contributed by atoms with Gasteiger partial charge < -0.3 is 5.11 Å². The second-order valence-corrected chi connectivity index (χ2v) is 3.89. The molecule has 2 rings (SSSR count). The zero-order chi connectivity index (χ0) is 14.0. The summed E-state index contributed by atoms with van der Waals surface area (Å²) in [4.78, 5) is 24.6. The molecule has 1 aromatic carbocycles. The quantitative estimate of drug-likeness (QED) is 0.643. The third-order valence-corrected chi connectivity index (χ3v) is 2.57. The molecule has 1 aliphatic heterocycles. The van der Waals surface area contributed by atoms with Gasteiger partial charge in [0.25, 0.3) is 5.69 Å². The lowest BCUT2D eigenvalue weighted by Gasteiger charge is -2.23. The fourth-order valence-corrected chi connectivity index (χ4v) is 1.63. The van der Waals surface area contributed by atoms with Crippen molar-refractivity contribution in [3.63, 3.8) is 0 Å². The Hall–Kier alpha value is -2.61. The largest absolute Gasteiger partial charge is 0.476 e. The first kappa shape index (κ1) is 12.8. The van der Waals surface area contributed by atoms with E-state index in [1.165, 1.54) is 29.5 Å². The third-order valence-electron chi connectivity index (χ3n) is 2.26. The number of hydrazine groups is 1. The van der Waals surface area contributed by atoms with E-state index in [2.05, 4.69) is 10.4 Å². The maximum Gasteiger partial charge on any atom is 0.355 e. The van der Waals surface area contributed by atoms with Gasteiger partial charge in [-0.1, -0.05) is 11.6 Å². The summed E-state index contributed by atoms with van der Waals surface area (Å²) in [6.45, 7) is 0. The van der Waals surface area contributed by atoms with Crippen LogP contribution < -0.4 is 10.4 Å². The number of carbonyl (C=O) groups is 1. The average molecular weight is 283 g/mol. The summed E-state index contributed by atoms with van der Waals surface area (Å²) in [5, 5.41) is 20.7. The lowest BCUT2D eigenvalue weighted by Crippen LogP contribution is -2.40. The summed E-state index contributed by atoms with van der Waals surface area (Å²) in [7, 11) is 0. The van der Waals surface area contributed by atoms with Crippen molar-refractivity contribution >= 4 is 35.3 Å². The van der Waals surface area contributed by atoms with Gasteiger partial charge in [-0.05, 0) is 12.1 Å². The standard InChI is InChI=1S/C10H7ClN4O4/c11-7-3-6(1-2-9(7)15(18)19)14-5-12-4-8(13-14)10(16)17/h1-5,13H,(H,16,17). The van der Waals surface area contributed by atoms with Crippen molar-refractivity contribution in [2.24, 2.45) is 4.99 Å². The maximum absolute atomic E-state index is 10.8. The van der Waals surface area contributed by atoms with E-state index in [1.54, 1.807) is 0 Å². The number of rotatable bonds is 3. The molecule has 0 radical (unpaired) electrons. The van der Waals surface area contributed by atoms with E-state index in [9.17, 15) is 14.9 Å². The molecule has 0 saturated carbocycles. The van der Waals surface area contributed by atoms with Gasteiger partial charge >= 0.3 is 5.97 Å². The molecule has 0 amide bonds. The number of nitrogens with zero attached hydrogens (tertiary/aromatic N) is 3. The number of halogens is 1. The number of benzene rings is 1. The molecule has 0 fully saturated rings. The van der Waals surface area contributed by atoms with Gasteiger partial charge in [0.1, 0.15) is 11.4 Å². The lowest BCUT2D eigenvalue weighted by atomic mass is 10.3. The number of hydrogen-bond acceptors (Lipinski definition) is 6. The van der Waals surface area contributed by atoms with Gasteiger partial charge in [0, 0.05) is 6.07 Å². The van der Waals surface area contributed by atoms with Crippen molar-refractivity contribution in [1.82, 2.24) is 5.43 Å². The summed E-state index contributed by atoms with van der Waals surface area (Å²) in [6.07, 6.45) is 2.47. The molecule has 0 aromatic heterocycles. The Bertz CT molecular complexity index is 614. The molecule has 1 aromatic rings. The van der Waals surface area contributed by atoms with Crippen LogP contribution in [0, 0.1) is 10.1 Å². The first-order chi connectivity index (χ1) is 8.99. The predicted molar refractivity (Wildman–Crippen MR) is 67.9 cm³/mol. The topological polar surface area (TPSA) is 108 Å². The first-order valence-corrected chi connectivity index (χ1v) is 5.33. The number of aliphatic carboxylic acids is 1. The van der Waals surface area contributed by atoms with Crippen LogP contribution in [-0.4, -0.2) is 22.3 Å². The molecule has 0 unspecified atom stereocenters. The lowest BCUT2D eigenvalue weighted by molar-refractivity contribution is -0.384. The van der Waals surface area contributed by atoms with Gasteiger partial charge in [0.05, 0.1) is 16.8 Å². The number of aliphatic imine (C=N–C) groups is 1. The van der Waals surface area contributed by atoms with Crippen molar-refractivity contribution in [1.29, 1.82) is 0 Å². The fraction of sp³-hybridized carbons (Fsp3) is 0. The molecule has 98 valence electrons. The van der Waals surface area contributed by atoms with Crippen LogP contribution in [0.15, 0.2) is 35.1 Å². The van der Waals surface area contributed by atoms with Gasteiger partial charge in [-0.15, -0.1) is 0 Å². The van der Waals surface area contributed by atoms with Crippen molar-refractivity contribution in [3.8, 4) is 0 Å². The van der Waals surface area contributed by atoms with E-state index in [0.29, 0.717) is 5.69 Å². The third kappa shape index (κ3) is 2.63. The number of nitrogens with one attached hydrogen (secondary N) is 1. The van der Waals surface area contributed by atoms with Crippen LogP contribution in [0.4, 0.5) is 11.4 Å². The minimum Gasteiger partial charge on any atom is -0.476 e. The van der Waals surface area contributed by atoms with Crippen LogP contribution in [0.2, 0.25) is 5.02 Å². The Morgan fingerprint density at radius 3 is 2.84 bits per heavy atom. The number of carboxylic acids is 1. The van der Waals surface area contributed by atoms with Crippen molar-refractivity contribution in [2.75, 3.05) is 5.01 Å². The molecule has 2 N–H and O–H groups in total. The molecule has 8 nitrogen and oxygen atoms in total. The summed E-state index contributed by atoms with van der Waals surface area (Å²) in [6, 6.07) is 3.99. The molecule has 19 heavy (non-hydrogen) atoms. The van der Waals surface area contributed by atoms with Gasteiger partial charge in [-0.2, -0.15) is 0 Å². The summed E-state index contributed by atoms with van der Waals surface area (Å²) in [5.74, 6) is -1.17. The zero-order valence-corrected chi connectivity index (χ0v) is 10.0. The maximum atomic E-state index is 10.8. The van der Waals surface area contributed by atoms with Gasteiger partial charge in [0.2, 0.25) is 0 Å². The molecule has 0 aliphatic carbocycles. The Morgan fingerprint density at radius 1 is 1.53 bits per heavy atom. The molecule has 1 aliphatic rings. The summed E-state index contributed by atoms with van der Waals surface area (Å²) < 4.78 is 0. The molecule has 0 spiro atoms.